The van der Waals surface area contributed by atoms with Crippen molar-refractivity contribution < 1.29 is 18.8 Å². The van der Waals surface area contributed by atoms with Gasteiger partial charge in [0.2, 0.25) is 0 Å². The van der Waals surface area contributed by atoms with Gasteiger partial charge in [-0.3, -0.25) is 4.79 Å². The highest BCUT2D eigenvalue weighted by Gasteiger charge is 2.16. The molecule has 0 aliphatic heterocycles. The molecule has 6 nitrogen and oxygen atoms in total. The average molecular weight is 336 g/mol. The molecule has 1 amide bonds. The lowest BCUT2D eigenvalue weighted by Gasteiger charge is -2.10. The first-order valence-electron chi connectivity index (χ1n) is 7.68. The highest BCUT2D eigenvalue weighted by molar-refractivity contribution is 6.07. The molecule has 126 valence electrons. The molecule has 1 aromatic heterocycles. The Balaban J connectivity index is 1.71. The van der Waals surface area contributed by atoms with Gasteiger partial charge in [-0.25, -0.2) is 4.79 Å². The van der Waals surface area contributed by atoms with E-state index in [1.54, 1.807) is 61.5 Å². The second kappa shape index (κ2) is 7.44. The monoisotopic (exact) mass is 336 g/mol. The third-order valence-corrected chi connectivity index (χ3v) is 3.45. The quantitative estimate of drug-likeness (QED) is 0.720. The zero-order chi connectivity index (χ0) is 17.6. The van der Waals surface area contributed by atoms with Crippen LogP contribution in [0.15, 0.2) is 65.2 Å². The van der Waals surface area contributed by atoms with Gasteiger partial charge in [-0.05, 0) is 31.2 Å². The summed E-state index contributed by atoms with van der Waals surface area (Å²) >= 11 is 0. The summed E-state index contributed by atoms with van der Waals surface area (Å²) in [7, 11) is 0. The maximum absolute atomic E-state index is 12.3. The molecule has 1 heterocycles. The Morgan fingerprint density at radius 2 is 1.80 bits per heavy atom. The van der Waals surface area contributed by atoms with E-state index in [0.29, 0.717) is 22.7 Å². The van der Waals surface area contributed by atoms with E-state index in [-0.39, 0.29) is 18.1 Å². The van der Waals surface area contributed by atoms with Crippen LogP contribution in [0.25, 0.3) is 0 Å². The molecule has 0 saturated heterocycles. The van der Waals surface area contributed by atoms with Gasteiger partial charge in [-0.2, -0.15) is 0 Å². The van der Waals surface area contributed by atoms with Crippen molar-refractivity contribution in [2.45, 2.75) is 13.5 Å². The zero-order valence-electron chi connectivity index (χ0n) is 13.6. The second-order valence-electron chi connectivity index (χ2n) is 5.38. The Bertz CT molecular complexity index is 887. The van der Waals surface area contributed by atoms with E-state index in [2.05, 4.69) is 10.5 Å². The summed E-state index contributed by atoms with van der Waals surface area (Å²) in [6, 6.07) is 17.1. The van der Waals surface area contributed by atoms with Crippen molar-refractivity contribution in [3.8, 4) is 0 Å². The van der Waals surface area contributed by atoms with Gasteiger partial charge in [0.25, 0.3) is 5.91 Å². The number of nitrogens with zero attached hydrogens (tertiary/aromatic N) is 1. The minimum absolute atomic E-state index is 0.0271. The molecule has 0 saturated carbocycles. The number of esters is 1. The molecule has 0 aliphatic rings. The fourth-order valence-electron chi connectivity index (χ4n) is 2.25. The molecular weight excluding hydrogens is 320 g/mol. The van der Waals surface area contributed by atoms with Crippen LogP contribution in [0.3, 0.4) is 0 Å². The van der Waals surface area contributed by atoms with E-state index in [0.717, 1.165) is 0 Å². The Hall–Kier alpha value is -3.41. The van der Waals surface area contributed by atoms with Gasteiger partial charge in [-0.1, -0.05) is 35.5 Å². The molecule has 0 atom stereocenters. The Kier molecular flexibility index (Phi) is 4.89. The van der Waals surface area contributed by atoms with Gasteiger partial charge in [0.1, 0.15) is 0 Å². The fraction of sp³-hybridized carbons (Fsp3) is 0.105. The Morgan fingerprint density at radius 1 is 1.08 bits per heavy atom. The molecule has 0 spiro atoms. The number of hydrogen-bond donors (Lipinski definition) is 1. The van der Waals surface area contributed by atoms with Crippen molar-refractivity contribution in [3.05, 3.63) is 83.2 Å². The van der Waals surface area contributed by atoms with Crippen LogP contribution in [0.2, 0.25) is 0 Å². The number of nitrogens with one attached hydrogen (secondary N) is 1. The molecule has 25 heavy (non-hydrogen) atoms. The van der Waals surface area contributed by atoms with Crippen molar-refractivity contribution in [1.82, 2.24) is 5.16 Å². The molecule has 1 N–H and O–H groups in total. The van der Waals surface area contributed by atoms with Gasteiger partial charge >= 0.3 is 5.97 Å². The van der Waals surface area contributed by atoms with Crippen LogP contribution < -0.4 is 5.32 Å². The highest BCUT2D eigenvalue weighted by Crippen LogP contribution is 2.18. The summed E-state index contributed by atoms with van der Waals surface area (Å²) in [6.45, 7) is 1.75. The predicted molar refractivity (Wildman–Crippen MR) is 91.2 cm³/mol. The van der Waals surface area contributed by atoms with E-state index in [1.807, 2.05) is 6.07 Å². The van der Waals surface area contributed by atoms with Crippen LogP contribution in [0.5, 0.6) is 0 Å². The molecule has 0 aliphatic carbocycles. The number of benzene rings is 2. The van der Waals surface area contributed by atoms with Gasteiger partial charge < -0.3 is 14.6 Å². The Labute approximate surface area is 144 Å². The molecule has 0 unspecified atom stereocenters. The van der Waals surface area contributed by atoms with Crippen LogP contribution in [0.4, 0.5) is 5.69 Å². The summed E-state index contributed by atoms with van der Waals surface area (Å²) in [6.07, 6.45) is 0. The van der Waals surface area contributed by atoms with Crippen molar-refractivity contribution in [1.29, 1.82) is 0 Å². The predicted octanol–water partition coefficient (Wildman–Crippen LogP) is 3.59. The highest BCUT2D eigenvalue weighted by atomic mass is 16.5. The number of rotatable bonds is 5. The standard InChI is InChI=1S/C19H16N2O4/c1-13-11-15(25-21-13)12-24-19(23)16-9-5-6-10-17(16)20-18(22)14-7-3-2-4-8-14/h2-11H,12H2,1H3,(H,20,22). The molecule has 3 aromatic rings. The van der Waals surface area contributed by atoms with Crippen LogP contribution in [0, 0.1) is 6.92 Å². The maximum Gasteiger partial charge on any atom is 0.340 e. The minimum atomic E-state index is -0.557. The minimum Gasteiger partial charge on any atom is -0.454 e. The van der Waals surface area contributed by atoms with Crippen LogP contribution >= 0.6 is 0 Å². The molecular formula is C19H16N2O4. The summed E-state index contributed by atoms with van der Waals surface area (Å²) in [4.78, 5) is 24.6. The average Bonchev–Trinajstić information content (AvgIpc) is 3.06. The van der Waals surface area contributed by atoms with Crippen LogP contribution in [0.1, 0.15) is 32.2 Å². The number of para-hydroxylation sites is 1. The largest absolute Gasteiger partial charge is 0.454 e. The number of anilines is 1. The van der Waals surface area contributed by atoms with Crippen LogP contribution in [-0.4, -0.2) is 17.0 Å². The molecule has 0 bridgehead atoms. The first-order chi connectivity index (χ1) is 12.1. The first kappa shape index (κ1) is 16.4. The first-order valence-corrected chi connectivity index (χ1v) is 7.68. The number of carbonyl (C=O) groups excluding carboxylic acids is 2. The number of ether oxygens (including phenoxy) is 1. The lowest BCUT2D eigenvalue weighted by Crippen LogP contribution is -2.15. The van der Waals surface area contributed by atoms with Gasteiger partial charge in [-0.15, -0.1) is 0 Å². The van der Waals surface area contributed by atoms with E-state index in [1.165, 1.54) is 0 Å². The molecule has 3 rings (SSSR count). The van der Waals surface area contributed by atoms with Crippen molar-refractivity contribution in [3.63, 3.8) is 0 Å². The number of amides is 1. The normalized spacial score (nSPS) is 10.3. The topological polar surface area (TPSA) is 81.4 Å². The third-order valence-electron chi connectivity index (χ3n) is 3.45. The van der Waals surface area contributed by atoms with Crippen molar-refractivity contribution >= 4 is 17.6 Å². The molecule has 0 radical (unpaired) electrons. The third kappa shape index (κ3) is 4.11. The van der Waals surface area contributed by atoms with Gasteiger partial charge in [0.15, 0.2) is 12.4 Å². The summed E-state index contributed by atoms with van der Waals surface area (Å²) in [5.74, 6) is -0.402. The fourth-order valence-corrected chi connectivity index (χ4v) is 2.25. The summed E-state index contributed by atoms with van der Waals surface area (Å²) in [5.41, 5.74) is 1.86. The lowest BCUT2D eigenvalue weighted by molar-refractivity contribution is 0.0438. The van der Waals surface area contributed by atoms with Gasteiger partial charge in [0, 0.05) is 11.6 Å². The number of carbonyl (C=O) groups is 2. The van der Waals surface area contributed by atoms with E-state index in [9.17, 15) is 9.59 Å². The number of aryl methyl sites for hydroxylation is 1. The molecule has 0 fully saturated rings. The van der Waals surface area contributed by atoms with Gasteiger partial charge in [0.05, 0.1) is 16.9 Å². The van der Waals surface area contributed by atoms with E-state index < -0.39 is 5.97 Å². The summed E-state index contributed by atoms with van der Waals surface area (Å²) < 4.78 is 10.2. The van der Waals surface area contributed by atoms with Crippen LogP contribution in [-0.2, 0) is 11.3 Å². The Morgan fingerprint density at radius 3 is 2.52 bits per heavy atom. The second-order valence-corrected chi connectivity index (χ2v) is 5.38. The molecule has 6 heteroatoms. The van der Waals surface area contributed by atoms with Crippen molar-refractivity contribution in [2.24, 2.45) is 0 Å². The molecule has 2 aromatic carbocycles. The van der Waals surface area contributed by atoms with E-state index in [4.69, 9.17) is 9.26 Å². The lowest BCUT2D eigenvalue weighted by atomic mass is 10.1. The van der Waals surface area contributed by atoms with Crippen molar-refractivity contribution in [2.75, 3.05) is 5.32 Å². The van der Waals surface area contributed by atoms with E-state index >= 15 is 0 Å². The number of aromatic nitrogens is 1. The smallest absolute Gasteiger partial charge is 0.340 e. The maximum atomic E-state index is 12.3. The SMILES string of the molecule is Cc1cc(COC(=O)c2ccccc2NC(=O)c2ccccc2)on1. The summed E-state index contributed by atoms with van der Waals surface area (Å²) in [5, 5.41) is 6.47. The zero-order valence-corrected chi connectivity index (χ0v) is 13.6. The number of hydrogen-bond acceptors (Lipinski definition) is 5.